The van der Waals surface area contributed by atoms with Crippen LogP contribution in [0, 0.1) is 0 Å². The molecular formula is C12H12BrN3S. The lowest BCUT2D eigenvalue weighted by Crippen LogP contribution is -2.02. The Morgan fingerprint density at radius 3 is 2.59 bits per heavy atom. The highest BCUT2D eigenvalue weighted by molar-refractivity contribution is 9.11. The monoisotopic (exact) mass is 309 g/mol. The Bertz CT molecular complexity index is 519. The van der Waals surface area contributed by atoms with Gasteiger partial charge in [0.2, 0.25) is 0 Å². The van der Waals surface area contributed by atoms with E-state index in [9.17, 15) is 0 Å². The highest BCUT2D eigenvalue weighted by Crippen LogP contribution is 2.26. The van der Waals surface area contributed by atoms with E-state index >= 15 is 0 Å². The summed E-state index contributed by atoms with van der Waals surface area (Å²) in [6.07, 6.45) is 1.78. The minimum Gasteiger partial charge on any atom is -0.388 e. The number of nitrogens with zero attached hydrogens (tertiary/aromatic N) is 1. The zero-order valence-electron chi connectivity index (χ0n) is 9.33. The molecule has 0 spiro atoms. The lowest BCUT2D eigenvalue weighted by Gasteiger charge is -2.06. The van der Waals surface area contributed by atoms with Gasteiger partial charge in [-0.2, -0.15) is 0 Å². The standard InChI is InChI=1S/C12H12BrN3S/c1-8(14-2)9-3-5-10(6-4-9)16-12-15-7-11(13)17-12/h3-7,14H,1H2,2H3,(H,15,16). The Balaban J connectivity index is 2.10. The number of benzene rings is 1. The van der Waals surface area contributed by atoms with E-state index in [1.165, 1.54) is 0 Å². The number of halogens is 1. The molecule has 2 aromatic rings. The van der Waals surface area contributed by atoms with E-state index in [1.807, 2.05) is 31.3 Å². The van der Waals surface area contributed by atoms with E-state index in [0.29, 0.717) is 0 Å². The van der Waals surface area contributed by atoms with E-state index < -0.39 is 0 Å². The summed E-state index contributed by atoms with van der Waals surface area (Å²) in [6, 6.07) is 8.05. The molecule has 5 heteroatoms. The van der Waals surface area contributed by atoms with Gasteiger partial charge in [0.05, 0.1) is 9.98 Å². The van der Waals surface area contributed by atoms with Crippen molar-refractivity contribution in [1.82, 2.24) is 10.3 Å². The Morgan fingerprint density at radius 2 is 2.06 bits per heavy atom. The van der Waals surface area contributed by atoms with Crippen LogP contribution >= 0.6 is 27.3 Å². The molecule has 0 atom stereocenters. The van der Waals surface area contributed by atoms with Gasteiger partial charge < -0.3 is 10.6 Å². The third kappa shape index (κ3) is 3.08. The first kappa shape index (κ1) is 12.1. The van der Waals surface area contributed by atoms with Gasteiger partial charge in [0.25, 0.3) is 0 Å². The molecule has 1 aromatic carbocycles. The fraction of sp³-hybridized carbons (Fsp3) is 0.0833. The van der Waals surface area contributed by atoms with E-state index in [0.717, 1.165) is 25.9 Å². The van der Waals surface area contributed by atoms with Crippen molar-refractivity contribution in [2.75, 3.05) is 12.4 Å². The highest BCUT2D eigenvalue weighted by atomic mass is 79.9. The first-order valence-electron chi connectivity index (χ1n) is 5.04. The molecule has 0 amide bonds. The summed E-state index contributed by atoms with van der Waals surface area (Å²) in [5, 5.41) is 7.13. The Morgan fingerprint density at radius 1 is 1.35 bits per heavy atom. The maximum atomic E-state index is 4.22. The first-order chi connectivity index (χ1) is 8.19. The smallest absolute Gasteiger partial charge is 0.188 e. The van der Waals surface area contributed by atoms with Crippen molar-refractivity contribution in [3.8, 4) is 0 Å². The van der Waals surface area contributed by atoms with Crippen molar-refractivity contribution >= 4 is 43.8 Å². The average Bonchev–Trinajstić information content (AvgIpc) is 2.75. The van der Waals surface area contributed by atoms with Crippen molar-refractivity contribution in [2.24, 2.45) is 0 Å². The lowest BCUT2D eigenvalue weighted by atomic mass is 10.1. The number of rotatable bonds is 4. The molecule has 1 heterocycles. The van der Waals surface area contributed by atoms with Gasteiger partial charge in [-0.05, 0) is 33.6 Å². The quantitative estimate of drug-likeness (QED) is 0.901. The fourth-order valence-electron chi connectivity index (χ4n) is 1.33. The number of thiazole rings is 1. The molecular weight excluding hydrogens is 298 g/mol. The molecule has 0 fully saturated rings. The van der Waals surface area contributed by atoms with Crippen molar-refractivity contribution < 1.29 is 0 Å². The van der Waals surface area contributed by atoms with E-state index in [-0.39, 0.29) is 0 Å². The van der Waals surface area contributed by atoms with Gasteiger partial charge >= 0.3 is 0 Å². The van der Waals surface area contributed by atoms with E-state index in [1.54, 1.807) is 17.5 Å². The van der Waals surface area contributed by atoms with Crippen molar-refractivity contribution in [3.63, 3.8) is 0 Å². The third-order valence-electron chi connectivity index (χ3n) is 2.26. The molecule has 0 unspecified atom stereocenters. The van der Waals surface area contributed by atoms with Gasteiger partial charge in [-0.15, -0.1) is 0 Å². The van der Waals surface area contributed by atoms with Gasteiger partial charge in [0.1, 0.15) is 0 Å². The highest BCUT2D eigenvalue weighted by Gasteiger charge is 2.01. The molecule has 0 saturated heterocycles. The maximum Gasteiger partial charge on any atom is 0.188 e. The van der Waals surface area contributed by atoms with Crippen LogP contribution in [0.15, 0.2) is 40.8 Å². The molecule has 88 valence electrons. The maximum absolute atomic E-state index is 4.22. The molecule has 3 nitrogen and oxygen atoms in total. The second-order valence-electron chi connectivity index (χ2n) is 3.40. The minimum atomic E-state index is 0.872. The Kier molecular flexibility index (Phi) is 3.81. The molecule has 17 heavy (non-hydrogen) atoms. The summed E-state index contributed by atoms with van der Waals surface area (Å²) < 4.78 is 1.01. The largest absolute Gasteiger partial charge is 0.388 e. The van der Waals surface area contributed by atoms with Crippen LogP contribution in [0.4, 0.5) is 10.8 Å². The van der Waals surface area contributed by atoms with Crippen LogP contribution in [0.1, 0.15) is 5.56 Å². The van der Waals surface area contributed by atoms with Crippen LogP contribution in [0.25, 0.3) is 5.70 Å². The molecule has 2 rings (SSSR count). The number of nitrogens with one attached hydrogen (secondary N) is 2. The summed E-state index contributed by atoms with van der Waals surface area (Å²) in [5.41, 5.74) is 3.01. The normalized spacial score (nSPS) is 10.0. The summed E-state index contributed by atoms with van der Waals surface area (Å²) in [4.78, 5) is 4.22. The number of hydrogen-bond donors (Lipinski definition) is 2. The van der Waals surface area contributed by atoms with E-state index in [4.69, 9.17) is 0 Å². The predicted molar refractivity (Wildman–Crippen MR) is 77.6 cm³/mol. The summed E-state index contributed by atoms with van der Waals surface area (Å²) in [5.74, 6) is 0. The van der Waals surface area contributed by atoms with Crippen LogP contribution in [0.5, 0.6) is 0 Å². The van der Waals surface area contributed by atoms with Crippen LogP contribution in [-0.4, -0.2) is 12.0 Å². The zero-order chi connectivity index (χ0) is 12.3. The average molecular weight is 310 g/mol. The minimum absolute atomic E-state index is 0.872. The van der Waals surface area contributed by atoms with Gasteiger partial charge in [-0.3, -0.25) is 0 Å². The topological polar surface area (TPSA) is 37.0 Å². The molecule has 0 saturated carbocycles. The summed E-state index contributed by atoms with van der Waals surface area (Å²) >= 11 is 4.94. The second kappa shape index (κ2) is 5.33. The SMILES string of the molecule is C=C(NC)c1ccc(Nc2ncc(Br)s2)cc1. The van der Waals surface area contributed by atoms with Crippen LogP contribution in [0.2, 0.25) is 0 Å². The second-order valence-corrected chi connectivity index (χ2v) is 5.81. The van der Waals surface area contributed by atoms with E-state index in [2.05, 4.69) is 38.1 Å². The molecule has 0 radical (unpaired) electrons. The Hall–Kier alpha value is -1.33. The van der Waals surface area contributed by atoms with Crippen molar-refractivity contribution in [3.05, 3.63) is 46.4 Å². The summed E-state index contributed by atoms with van der Waals surface area (Å²) in [6.45, 7) is 3.91. The first-order valence-corrected chi connectivity index (χ1v) is 6.65. The van der Waals surface area contributed by atoms with Crippen molar-refractivity contribution in [1.29, 1.82) is 0 Å². The van der Waals surface area contributed by atoms with Gasteiger partial charge in [-0.1, -0.05) is 30.0 Å². The van der Waals surface area contributed by atoms with Crippen molar-refractivity contribution in [2.45, 2.75) is 0 Å². The third-order valence-corrected chi connectivity index (χ3v) is 3.66. The molecule has 0 aliphatic carbocycles. The lowest BCUT2D eigenvalue weighted by molar-refractivity contribution is 1.13. The molecule has 2 N–H and O–H groups in total. The van der Waals surface area contributed by atoms with Crippen LogP contribution in [0.3, 0.4) is 0 Å². The Labute approximate surface area is 113 Å². The fourth-order valence-corrected chi connectivity index (χ4v) is 2.46. The van der Waals surface area contributed by atoms with Gasteiger partial charge in [-0.25, -0.2) is 4.98 Å². The van der Waals surface area contributed by atoms with Gasteiger partial charge in [0.15, 0.2) is 5.13 Å². The summed E-state index contributed by atoms with van der Waals surface area (Å²) in [7, 11) is 1.86. The van der Waals surface area contributed by atoms with Crippen LogP contribution < -0.4 is 10.6 Å². The van der Waals surface area contributed by atoms with Crippen LogP contribution in [-0.2, 0) is 0 Å². The predicted octanol–water partition coefficient (Wildman–Crippen LogP) is 3.84. The van der Waals surface area contributed by atoms with Gasteiger partial charge in [0, 0.05) is 18.4 Å². The molecule has 1 aromatic heterocycles. The zero-order valence-corrected chi connectivity index (χ0v) is 11.7. The molecule has 0 bridgehead atoms. The molecule has 0 aliphatic rings. The number of hydrogen-bond acceptors (Lipinski definition) is 4. The molecule has 0 aliphatic heterocycles. The number of anilines is 2. The number of aromatic nitrogens is 1.